The summed E-state index contributed by atoms with van der Waals surface area (Å²) in [5.41, 5.74) is 1.40. The fraction of sp³-hybridized carbons (Fsp3) is 0.385. The Balaban J connectivity index is 2.79. The molecule has 0 saturated carbocycles. The summed E-state index contributed by atoms with van der Waals surface area (Å²) < 4.78 is 9.84. The lowest BCUT2D eigenvalue weighted by atomic mass is 10.1. The third kappa shape index (κ3) is 3.59. The van der Waals surface area contributed by atoms with Crippen LogP contribution in [0.15, 0.2) is 18.2 Å². The van der Waals surface area contributed by atoms with E-state index in [9.17, 15) is 9.59 Å². The number of esters is 1. The molecule has 0 radical (unpaired) electrons. The number of hydrogen-bond donors (Lipinski definition) is 0. The molecule has 92 valence electrons. The van der Waals surface area contributed by atoms with Crippen LogP contribution in [0.3, 0.4) is 0 Å². The van der Waals surface area contributed by atoms with Gasteiger partial charge in [0.25, 0.3) is 0 Å². The van der Waals surface area contributed by atoms with Crippen molar-refractivity contribution in [2.24, 2.45) is 0 Å². The molecule has 0 saturated heterocycles. The van der Waals surface area contributed by atoms with Crippen LogP contribution in [0.5, 0.6) is 5.75 Å². The molecule has 1 aromatic rings. The average Bonchev–Trinajstić information content (AvgIpc) is 2.29. The monoisotopic (exact) mass is 236 g/mol. The zero-order valence-electron chi connectivity index (χ0n) is 10.3. The van der Waals surface area contributed by atoms with Crippen LogP contribution in [0.1, 0.15) is 29.3 Å². The Hall–Kier alpha value is -1.84. The molecule has 1 rings (SSSR count). The van der Waals surface area contributed by atoms with Crippen LogP contribution in [0.2, 0.25) is 0 Å². The number of rotatable bonds is 5. The molecule has 17 heavy (non-hydrogen) atoms. The van der Waals surface area contributed by atoms with Gasteiger partial charge in [0.2, 0.25) is 0 Å². The third-order valence-electron chi connectivity index (χ3n) is 2.34. The SMILES string of the molecule is CCOC(=O)CC(=O)c1ccc(C)c(OC)c1. The molecular formula is C13H16O4. The third-order valence-corrected chi connectivity index (χ3v) is 2.34. The Bertz CT molecular complexity index is 423. The molecule has 0 aliphatic carbocycles. The van der Waals surface area contributed by atoms with Crippen molar-refractivity contribution >= 4 is 11.8 Å². The molecule has 0 fully saturated rings. The number of carbonyl (C=O) groups excluding carboxylic acids is 2. The van der Waals surface area contributed by atoms with Crippen LogP contribution in [0.4, 0.5) is 0 Å². The van der Waals surface area contributed by atoms with E-state index in [0.717, 1.165) is 5.56 Å². The van der Waals surface area contributed by atoms with Crippen LogP contribution in [-0.4, -0.2) is 25.5 Å². The van der Waals surface area contributed by atoms with Gasteiger partial charge in [0, 0.05) is 5.56 Å². The number of ether oxygens (including phenoxy) is 2. The van der Waals surface area contributed by atoms with E-state index in [0.29, 0.717) is 11.3 Å². The lowest BCUT2D eigenvalue weighted by molar-refractivity contribution is -0.141. The molecule has 0 N–H and O–H groups in total. The molecule has 0 atom stereocenters. The lowest BCUT2D eigenvalue weighted by Gasteiger charge is -2.07. The predicted molar refractivity (Wildman–Crippen MR) is 63.3 cm³/mol. The van der Waals surface area contributed by atoms with Crippen molar-refractivity contribution < 1.29 is 19.1 Å². The highest BCUT2D eigenvalue weighted by Gasteiger charge is 2.13. The van der Waals surface area contributed by atoms with Gasteiger partial charge < -0.3 is 9.47 Å². The second kappa shape index (κ2) is 6.03. The van der Waals surface area contributed by atoms with Gasteiger partial charge in [-0.3, -0.25) is 9.59 Å². The number of ketones is 1. The maximum Gasteiger partial charge on any atom is 0.313 e. The normalized spacial score (nSPS) is 9.82. The summed E-state index contributed by atoms with van der Waals surface area (Å²) in [5.74, 6) is -0.126. The number of Topliss-reactive ketones (excluding diaryl/α,β-unsaturated/α-hetero) is 1. The molecule has 0 amide bonds. The van der Waals surface area contributed by atoms with Gasteiger partial charge in [0.05, 0.1) is 13.7 Å². The van der Waals surface area contributed by atoms with Crippen molar-refractivity contribution in [3.05, 3.63) is 29.3 Å². The molecule has 0 unspecified atom stereocenters. The zero-order valence-corrected chi connectivity index (χ0v) is 10.3. The first kappa shape index (κ1) is 13.2. The lowest BCUT2D eigenvalue weighted by Crippen LogP contribution is -2.11. The molecule has 0 bridgehead atoms. The summed E-state index contributed by atoms with van der Waals surface area (Å²) in [5, 5.41) is 0. The molecule has 0 heterocycles. The fourth-order valence-electron chi connectivity index (χ4n) is 1.44. The Morgan fingerprint density at radius 2 is 2.00 bits per heavy atom. The van der Waals surface area contributed by atoms with Gasteiger partial charge in [-0.05, 0) is 25.5 Å². The van der Waals surface area contributed by atoms with E-state index in [4.69, 9.17) is 9.47 Å². The minimum atomic E-state index is -0.503. The average molecular weight is 236 g/mol. The van der Waals surface area contributed by atoms with Gasteiger partial charge in [-0.15, -0.1) is 0 Å². The number of methoxy groups -OCH3 is 1. The number of carbonyl (C=O) groups is 2. The topological polar surface area (TPSA) is 52.6 Å². The first-order chi connectivity index (χ1) is 8.08. The Morgan fingerprint density at radius 1 is 1.29 bits per heavy atom. The van der Waals surface area contributed by atoms with Crippen molar-refractivity contribution in [1.29, 1.82) is 0 Å². The summed E-state index contributed by atoms with van der Waals surface area (Å²) in [7, 11) is 1.54. The molecule has 0 aromatic heterocycles. The first-order valence-corrected chi connectivity index (χ1v) is 5.42. The largest absolute Gasteiger partial charge is 0.496 e. The molecule has 4 nitrogen and oxygen atoms in total. The Morgan fingerprint density at radius 3 is 2.59 bits per heavy atom. The first-order valence-electron chi connectivity index (χ1n) is 5.42. The van der Waals surface area contributed by atoms with E-state index in [1.54, 1.807) is 32.2 Å². The molecule has 0 aliphatic rings. The smallest absolute Gasteiger partial charge is 0.313 e. The number of benzene rings is 1. The summed E-state index contributed by atoms with van der Waals surface area (Å²) in [6.07, 6.45) is -0.236. The quantitative estimate of drug-likeness (QED) is 0.446. The maximum absolute atomic E-state index is 11.8. The highest BCUT2D eigenvalue weighted by atomic mass is 16.5. The highest BCUT2D eigenvalue weighted by Crippen LogP contribution is 2.19. The second-order valence-corrected chi connectivity index (χ2v) is 3.59. The molecule has 4 heteroatoms. The van der Waals surface area contributed by atoms with Gasteiger partial charge in [-0.1, -0.05) is 12.1 Å². The van der Waals surface area contributed by atoms with Gasteiger partial charge >= 0.3 is 5.97 Å². The number of aryl methyl sites for hydroxylation is 1. The van der Waals surface area contributed by atoms with Gasteiger partial charge in [-0.25, -0.2) is 0 Å². The summed E-state index contributed by atoms with van der Waals surface area (Å²) in [4.78, 5) is 22.9. The predicted octanol–water partition coefficient (Wildman–Crippen LogP) is 2.14. The molecule has 1 aromatic carbocycles. The Kier molecular flexibility index (Phi) is 4.69. The maximum atomic E-state index is 11.8. The zero-order chi connectivity index (χ0) is 12.8. The fourth-order valence-corrected chi connectivity index (χ4v) is 1.44. The number of hydrogen-bond acceptors (Lipinski definition) is 4. The van der Waals surface area contributed by atoms with E-state index < -0.39 is 5.97 Å². The molecule has 0 aliphatic heterocycles. The summed E-state index contributed by atoms with van der Waals surface area (Å²) >= 11 is 0. The van der Waals surface area contributed by atoms with E-state index in [1.807, 2.05) is 6.92 Å². The van der Waals surface area contributed by atoms with Crippen LogP contribution < -0.4 is 4.74 Å². The highest BCUT2D eigenvalue weighted by molar-refractivity contribution is 6.06. The van der Waals surface area contributed by atoms with Crippen LogP contribution in [0.25, 0.3) is 0 Å². The summed E-state index contributed by atoms with van der Waals surface area (Å²) in [6, 6.07) is 5.10. The van der Waals surface area contributed by atoms with Crippen molar-refractivity contribution in [2.75, 3.05) is 13.7 Å². The molecular weight excluding hydrogens is 220 g/mol. The van der Waals surface area contributed by atoms with Crippen molar-refractivity contribution in [1.82, 2.24) is 0 Å². The van der Waals surface area contributed by atoms with E-state index in [1.165, 1.54) is 0 Å². The van der Waals surface area contributed by atoms with Crippen molar-refractivity contribution in [3.8, 4) is 5.75 Å². The van der Waals surface area contributed by atoms with Crippen LogP contribution in [0, 0.1) is 6.92 Å². The minimum Gasteiger partial charge on any atom is -0.496 e. The second-order valence-electron chi connectivity index (χ2n) is 3.59. The van der Waals surface area contributed by atoms with Crippen LogP contribution in [-0.2, 0) is 9.53 Å². The van der Waals surface area contributed by atoms with Crippen LogP contribution >= 0.6 is 0 Å². The molecule has 0 spiro atoms. The van der Waals surface area contributed by atoms with Gasteiger partial charge in [-0.2, -0.15) is 0 Å². The minimum absolute atomic E-state index is 0.236. The van der Waals surface area contributed by atoms with E-state index in [-0.39, 0.29) is 18.8 Å². The van der Waals surface area contributed by atoms with E-state index >= 15 is 0 Å². The van der Waals surface area contributed by atoms with E-state index in [2.05, 4.69) is 0 Å². The standard InChI is InChI=1S/C13H16O4/c1-4-17-13(15)8-11(14)10-6-5-9(2)12(7-10)16-3/h5-7H,4,8H2,1-3H3. The van der Waals surface area contributed by atoms with Crippen molar-refractivity contribution in [2.45, 2.75) is 20.3 Å². The van der Waals surface area contributed by atoms with Gasteiger partial charge in [0.15, 0.2) is 5.78 Å². The van der Waals surface area contributed by atoms with Crippen molar-refractivity contribution in [3.63, 3.8) is 0 Å². The van der Waals surface area contributed by atoms with Gasteiger partial charge in [0.1, 0.15) is 12.2 Å². The summed E-state index contributed by atoms with van der Waals surface area (Å²) in [6.45, 7) is 3.87. The Labute approximate surface area is 101 Å².